The number of nitrogens with one attached hydrogen (secondary N) is 1. The highest BCUT2D eigenvalue weighted by molar-refractivity contribution is 7.80. The largest absolute Gasteiger partial charge is 0.478 e. The number of carbonyl (C=O) groups is 1. The molecular formula is C28H24N4O4S. The summed E-state index contributed by atoms with van der Waals surface area (Å²) in [6, 6.07) is 20.4. The molecule has 2 aromatic carbocycles. The van der Waals surface area contributed by atoms with Gasteiger partial charge in [0.05, 0.1) is 23.3 Å². The molecule has 1 fully saturated rings. The fraction of sp³-hybridized carbons (Fsp3) is 0.179. The van der Waals surface area contributed by atoms with Crippen molar-refractivity contribution in [1.29, 1.82) is 0 Å². The standard InChI is InChI=1S/C28H24N4O4S/c1-16-13-21(17(2)31(16)19-8-6-18(7-9-19)27(33)34)26-25(22-5-3-4-12-29-22)30-28(37)32(26)20-10-11-23-24(14-20)36-15-35-23/h3-14,25-26H,15H2,1-2H3,(H,30,37)(H,33,34)/t25-,26+/m1/s1. The van der Waals surface area contributed by atoms with Crippen LogP contribution < -0.4 is 19.7 Å². The number of aromatic nitrogens is 2. The summed E-state index contributed by atoms with van der Waals surface area (Å²) in [5.41, 5.74) is 6.06. The first kappa shape index (κ1) is 23.1. The van der Waals surface area contributed by atoms with E-state index in [0.29, 0.717) is 16.6 Å². The van der Waals surface area contributed by atoms with Gasteiger partial charge in [-0.2, -0.15) is 0 Å². The zero-order chi connectivity index (χ0) is 25.7. The number of pyridine rings is 1. The van der Waals surface area contributed by atoms with Crippen molar-refractivity contribution in [3.05, 3.63) is 101 Å². The quantitative estimate of drug-likeness (QED) is 0.358. The molecule has 0 bridgehead atoms. The van der Waals surface area contributed by atoms with Gasteiger partial charge >= 0.3 is 5.97 Å². The first-order valence-electron chi connectivity index (χ1n) is 11.9. The second-order valence-corrected chi connectivity index (χ2v) is 9.43. The molecule has 2 N–H and O–H groups in total. The minimum Gasteiger partial charge on any atom is -0.478 e. The van der Waals surface area contributed by atoms with Gasteiger partial charge in [0.25, 0.3) is 0 Å². The third-order valence-corrected chi connectivity index (χ3v) is 7.21. The number of nitrogens with zero attached hydrogens (tertiary/aromatic N) is 3. The average molecular weight is 513 g/mol. The van der Waals surface area contributed by atoms with Gasteiger partial charge in [-0.15, -0.1) is 0 Å². The van der Waals surface area contributed by atoms with Crippen molar-refractivity contribution in [3.8, 4) is 17.2 Å². The van der Waals surface area contributed by atoms with Crippen LogP contribution in [0.4, 0.5) is 5.69 Å². The van der Waals surface area contributed by atoms with Crippen molar-refractivity contribution in [3.63, 3.8) is 0 Å². The summed E-state index contributed by atoms with van der Waals surface area (Å²) >= 11 is 5.87. The molecule has 2 atom stereocenters. The van der Waals surface area contributed by atoms with Crippen LogP contribution in [0, 0.1) is 13.8 Å². The van der Waals surface area contributed by atoms with Crippen LogP contribution in [0.25, 0.3) is 5.69 Å². The Morgan fingerprint density at radius 2 is 1.78 bits per heavy atom. The van der Waals surface area contributed by atoms with E-state index in [1.54, 1.807) is 18.3 Å². The predicted octanol–water partition coefficient (Wildman–Crippen LogP) is 5.09. The Bertz CT molecular complexity index is 1520. The molecule has 4 heterocycles. The normalized spacial score (nSPS) is 18.2. The summed E-state index contributed by atoms with van der Waals surface area (Å²) in [6.45, 7) is 4.31. The maximum absolute atomic E-state index is 11.3. The summed E-state index contributed by atoms with van der Waals surface area (Å²) in [7, 11) is 0. The van der Waals surface area contributed by atoms with E-state index in [2.05, 4.69) is 32.8 Å². The van der Waals surface area contributed by atoms with Crippen molar-refractivity contribution >= 4 is 29.0 Å². The van der Waals surface area contributed by atoms with Gasteiger partial charge in [0.15, 0.2) is 16.6 Å². The Morgan fingerprint density at radius 1 is 1.03 bits per heavy atom. The van der Waals surface area contributed by atoms with Gasteiger partial charge in [-0.3, -0.25) is 4.98 Å². The number of aryl methyl sites for hydroxylation is 1. The first-order chi connectivity index (χ1) is 17.9. The summed E-state index contributed by atoms with van der Waals surface area (Å²) in [6.07, 6.45) is 1.79. The molecule has 6 rings (SSSR count). The third kappa shape index (κ3) is 3.88. The number of carboxylic acid groups (broad SMARTS) is 1. The van der Waals surface area contributed by atoms with Crippen LogP contribution in [-0.2, 0) is 0 Å². The number of ether oxygens (including phenoxy) is 2. The lowest BCUT2D eigenvalue weighted by Gasteiger charge is -2.28. The van der Waals surface area contributed by atoms with E-state index in [-0.39, 0.29) is 24.4 Å². The van der Waals surface area contributed by atoms with Gasteiger partial charge < -0.3 is 29.4 Å². The number of anilines is 1. The van der Waals surface area contributed by atoms with Crippen molar-refractivity contribution < 1.29 is 19.4 Å². The fourth-order valence-corrected chi connectivity index (χ4v) is 5.57. The highest BCUT2D eigenvalue weighted by Crippen LogP contribution is 2.46. The molecule has 1 saturated heterocycles. The maximum atomic E-state index is 11.3. The van der Waals surface area contributed by atoms with E-state index in [9.17, 15) is 9.90 Å². The van der Waals surface area contributed by atoms with Crippen molar-refractivity contribution in [2.24, 2.45) is 0 Å². The van der Waals surface area contributed by atoms with E-state index in [4.69, 9.17) is 21.7 Å². The van der Waals surface area contributed by atoms with Gasteiger partial charge in [0, 0.05) is 35.0 Å². The second-order valence-electron chi connectivity index (χ2n) is 9.05. The lowest BCUT2D eigenvalue weighted by molar-refractivity contribution is 0.0697. The number of hydrogen-bond donors (Lipinski definition) is 2. The number of fused-ring (bicyclic) bond motifs is 1. The molecule has 2 aromatic heterocycles. The zero-order valence-corrected chi connectivity index (χ0v) is 21.0. The predicted molar refractivity (Wildman–Crippen MR) is 143 cm³/mol. The molecule has 0 unspecified atom stereocenters. The topological polar surface area (TPSA) is 88.9 Å². The Balaban J connectivity index is 1.48. The molecule has 0 amide bonds. The molecule has 0 radical (unpaired) electrons. The minimum absolute atomic E-state index is 0.192. The molecule has 37 heavy (non-hydrogen) atoms. The van der Waals surface area contributed by atoms with Gasteiger partial charge in [-0.05, 0) is 86.2 Å². The Hall–Kier alpha value is -4.37. The zero-order valence-electron chi connectivity index (χ0n) is 20.2. The average Bonchev–Trinajstić information content (AvgIpc) is 3.59. The second kappa shape index (κ2) is 8.94. The summed E-state index contributed by atoms with van der Waals surface area (Å²) < 4.78 is 13.3. The molecule has 0 aliphatic carbocycles. The molecule has 9 heteroatoms. The lowest BCUT2D eigenvalue weighted by Crippen LogP contribution is -2.29. The van der Waals surface area contributed by atoms with Gasteiger partial charge in [-0.1, -0.05) is 6.07 Å². The van der Waals surface area contributed by atoms with Crippen LogP contribution in [0.5, 0.6) is 11.5 Å². The van der Waals surface area contributed by atoms with Gasteiger partial charge in [0.2, 0.25) is 6.79 Å². The Labute approximate surface area is 219 Å². The Kier molecular flexibility index (Phi) is 5.57. The van der Waals surface area contributed by atoms with Crippen LogP contribution in [0.3, 0.4) is 0 Å². The molecule has 0 spiro atoms. The first-order valence-corrected chi connectivity index (χ1v) is 12.3. The maximum Gasteiger partial charge on any atom is 0.335 e. The summed E-state index contributed by atoms with van der Waals surface area (Å²) in [5, 5.41) is 13.4. The van der Waals surface area contributed by atoms with Crippen LogP contribution in [0.2, 0.25) is 0 Å². The molecule has 2 aliphatic heterocycles. The number of benzene rings is 2. The Morgan fingerprint density at radius 3 is 2.51 bits per heavy atom. The van der Waals surface area contributed by atoms with Crippen molar-refractivity contribution in [2.45, 2.75) is 25.9 Å². The number of aromatic carboxylic acids is 1. The SMILES string of the molecule is Cc1cc([C@H]2[C@@H](c3ccccn3)NC(=S)N2c2ccc3c(c2)OCO3)c(C)n1-c1ccc(C(=O)O)cc1. The van der Waals surface area contributed by atoms with Crippen LogP contribution in [-0.4, -0.2) is 32.5 Å². The van der Waals surface area contributed by atoms with E-state index in [1.165, 1.54) is 0 Å². The van der Waals surface area contributed by atoms with E-state index >= 15 is 0 Å². The highest BCUT2D eigenvalue weighted by atomic mass is 32.1. The monoisotopic (exact) mass is 512 g/mol. The molecule has 0 saturated carbocycles. The summed E-state index contributed by atoms with van der Waals surface area (Å²) in [4.78, 5) is 18.1. The number of thiocarbonyl (C=S) groups is 1. The molecular weight excluding hydrogens is 488 g/mol. The lowest BCUT2D eigenvalue weighted by atomic mass is 9.96. The number of carboxylic acids is 1. The highest BCUT2D eigenvalue weighted by Gasteiger charge is 2.42. The number of hydrogen-bond acceptors (Lipinski definition) is 5. The summed E-state index contributed by atoms with van der Waals surface area (Å²) in [5.74, 6) is 0.447. The molecule has 4 aromatic rings. The van der Waals surface area contributed by atoms with E-state index in [0.717, 1.165) is 34.0 Å². The molecule has 8 nitrogen and oxygen atoms in total. The van der Waals surface area contributed by atoms with Crippen molar-refractivity contribution in [1.82, 2.24) is 14.9 Å². The molecule has 2 aliphatic rings. The van der Waals surface area contributed by atoms with Gasteiger partial charge in [-0.25, -0.2) is 4.79 Å². The van der Waals surface area contributed by atoms with Crippen molar-refractivity contribution in [2.75, 3.05) is 11.7 Å². The van der Waals surface area contributed by atoms with E-state index < -0.39 is 5.97 Å². The number of rotatable bonds is 5. The van der Waals surface area contributed by atoms with E-state index in [1.807, 2.05) is 55.5 Å². The van der Waals surface area contributed by atoms with Crippen LogP contribution in [0.15, 0.2) is 72.9 Å². The smallest absolute Gasteiger partial charge is 0.335 e. The van der Waals surface area contributed by atoms with Crippen LogP contribution >= 0.6 is 12.2 Å². The minimum atomic E-state index is -0.948. The van der Waals surface area contributed by atoms with Crippen LogP contribution in [0.1, 0.15) is 45.1 Å². The molecule has 186 valence electrons. The fourth-order valence-electron chi connectivity index (χ4n) is 5.22. The third-order valence-electron chi connectivity index (χ3n) is 6.89. The van der Waals surface area contributed by atoms with Gasteiger partial charge in [0.1, 0.15) is 0 Å².